The molecule has 3 N–H and O–H groups in total. The number of hydrogen-bond donors (Lipinski definition) is 2. The standard InChI is InChI=1S/C12H11Cl2FN2O2S2/c13-11-2-1-8(20-11)6-17-21(18,19)9-3-7(5-16)12(14)10(15)4-9/h1-4,17H,5-6,16H2. The highest BCUT2D eigenvalue weighted by Gasteiger charge is 2.18. The molecule has 1 heterocycles. The molecule has 0 atom stereocenters. The molecule has 0 fully saturated rings. The van der Waals surface area contributed by atoms with Gasteiger partial charge in [-0.1, -0.05) is 23.2 Å². The lowest BCUT2D eigenvalue weighted by Gasteiger charge is -2.09. The van der Waals surface area contributed by atoms with Crippen molar-refractivity contribution >= 4 is 44.6 Å². The van der Waals surface area contributed by atoms with Gasteiger partial charge < -0.3 is 5.73 Å². The van der Waals surface area contributed by atoms with E-state index in [1.165, 1.54) is 17.4 Å². The summed E-state index contributed by atoms with van der Waals surface area (Å²) in [6.07, 6.45) is 0. The third-order valence-corrected chi connectivity index (χ3v) is 5.71. The van der Waals surface area contributed by atoms with E-state index in [1.807, 2.05) is 0 Å². The maximum Gasteiger partial charge on any atom is 0.241 e. The predicted octanol–water partition coefficient (Wildman–Crippen LogP) is 3.13. The van der Waals surface area contributed by atoms with Crippen LogP contribution in [0.3, 0.4) is 0 Å². The summed E-state index contributed by atoms with van der Waals surface area (Å²) in [7, 11) is -3.86. The van der Waals surface area contributed by atoms with Crippen LogP contribution < -0.4 is 10.5 Å². The number of thiophene rings is 1. The second-order valence-electron chi connectivity index (χ2n) is 4.11. The van der Waals surface area contributed by atoms with Crippen LogP contribution >= 0.6 is 34.5 Å². The summed E-state index contributed by atoms with van der Waals surface area (Å²) < 4.78 is 40.9. The van der Waals surface area contributed by atoms with Crippen molar-refractivity contribution in [2.45, 2.75) is 18.0 Å². The van der Waals surface area contributed by atoms with Gasteiger partial charge in [-0.3, -0.25) is 0 Å². The van der Waals surface area contributed by atoms with Gasteiger partial charge in [-0.15, -0.1) is 11.3 Å². The summed E-state index contributed by atoms with van der Waals surface area (Å²) in [4.78, 5) is 0.532. The summed E-state index contributed by atoms with van der Waals surface area (Å²) in [5, 5.41) is -0.165. The van der Waals surface area contributed by atoms with Crippen molar-refractivity contribution in [3.63, 3.8) is 0 Å². The van der Waals surface area contributed by atoms with Crippen molar-refractivity contribution in [2.75, 3.05) is 0 Å². The van der Waals surface area contributed by atoms with E-state index in [0.717, 1.165) is 10.9 Å². The first-order valence-electron chi connectivity index (χ1n) is 5.75. The molecule has 0 amide bonds. The van der Waals surface area contributed by atoms with E-state index in [2.05, 4.69) is 4.72 Å². The van der Waals surface area contributed by atoms with Gasteiger partial charge in [-0.05, 0) is 29.8 Å². The van der Waals surface area contributed by atoms with Gasteiger partial charge in [0.1, 0.15) is 5.82 Å². The molecular weight excluding hydrogens is 358 g/mol. The lowest BCUT2D eigenvalue weighted by molar-refractivity contribution is 0.577. The lowest BCUT2D eigenvalue weighted by Crippen LogP contribution is -2.23. The Hall–Kier alpha value is -0.700. The molecule has 0 aliphatic carbocycles. The molecule has 1 aromatic carbocycles. The van der Waals surface area contributed by atoms with E-state index in [4.69, 9.17) is 28.9 Å². The molecule has 0 unspecified atom stereocenters. The van der Waals surface area contributed by atoms with E-state index in [9.17, 15) is 12.8 Å². The molecule has 2 rings (SSSR count). The monoisotopic (exact) mass is 368 g/mol. The summed E-state index contributed by atoms with van der Waals surface area (Å²) in [6, 6.07) is 5.51. The molecule has 0 radical (unpaired) electrons. The van der Waals surface area contributed by atoms with Crippen LogP contribution in [0, 0.1) is 5.82 Å². The molecule has 114 valence electrons. The van der Waals surface area contributed by atoms with Crippen molar-refractivity contribution < 1.29 is 12.8 Å². The number of hydrogen-bond acceptors (Lipinski definition) is 4. The SMILES string of the molecule is NCc1cc(S(=O)(=O)NCc2ccc(Cl)s2)cc(F)c1Cl. The average molecular weight is 369 g/mol. The van der Waals surface area contributed by atoms with Gasteiger partial charge in [0.2, 0.25) is 10.0 Å². The van der Waals surface area contributed by atoms with Crippen LogP contribution in [0.15, 0.2) is 29.2 Å². The van der Waals surface area contributed by atoms with Crippen LogP contribution in [0.5, 0.6) is 0 Å². The maximum absolute atomic E-state index is 13.6. The largest absolute Gasteiger partial charge is 0.326 e. The highest BCUT2D eigenvalue weighted by molar-refractivity contribution is 7.89. The third-order valence-electron chi connectivity index (χ3n) is 2.67. The highest BCUT2D eigenvalue weighted by Crippen LogP contribution is 2.25. The number of nitrogens with two attached hydrogens (primary N) is 1. The van der Waals surface area contributed by atoms with Gasteiger partial charge >= 0.3 is 0 Å². The predicted molar refractivity (Wildman–Crippen MR) is 82.7 cm³/mol. The molecule has 0 bridgehead atoms. The fraction of sp³-hybridized carbons (Fsp3) is 0.167. The summed E-state index contributed by atoms with van der Waals surface area (Å²) in [5.74, 6) is -0.820. The van der Waals surface area contributed by atoms with Gasteiger partial charge in [0.05, 0.1) is 14.3 Å². The Morgan fingerprint density at radius 2 is 2.00 bits per heavy atom. The van der Waals surface area contributed by atoms with Crippen molar-refractivity contribution in [3.05, 3.63) is 49.9 Å². The van der Waals surface area contributed by atoms with E-state index < -0.39 is 15.8 Å². The van der Waals surface area contributed by atoms with Crippen LogP contribution in [0.25, 0.3) is 0 Å². The number of nitrogens with one attached hydrogen (secondary N) is 1. The van der Waals surface area contributed by atoms with E-state index >= 15 is 0 Å². The van der Waals surface area contributed by atoms with Gasteiger partial charge in [-0.2, -0.15) is 0 Å². The molecule has 0 saturated carbocycles. The number of halogens is 3. The van der Waals surface area contributed by atoms with E-state index in [1.54, 1.807) is 12.1 Å². The van der Waals surface area contributed by atoms with Crippen molar-refractivity contribution in [1.82, 2.24) is 4.72 Å². The quantitative estimate of drug-likeness (QED) is 0.851. The summed E-state index contributed by atoms with van der Waals surface area (Å²) in [5.41, 5.74) is 5.65. The van der Waals surface area contributed by atoms with E-state index in [0.29, 0.717) is 4.34 Å². The molecular formula is C12H11Cl2FN2O2S2. The Bertz CT molecular complexity index is 763. The fourth-order valence-corrected chi connectivity index (χ4v) is 3.99. The van der Waals surface area contributed by atoms with Crippen molar-refractivity contribution in [2.24, 2.45) is 5.73 Å². The first-order chi connectivity index (χ1) is 9.83. The zero-order valence-corrected chi connectivity index (χ0v) is 13.7. The Morgan fingerprint density at radius 3 is 2.57 bits per heavy atom. The lowest BCUT2D eigenvalue weighted by atomic mass is 10.2. The van der Waals surface area contributed by atoms with Crippen LogP contribution in [-0.4, -0.2) is 8.42 Å². The third kappa shape index (κ3) is 3.94. The van der Waals surface area contributed by atoms with E-state index in [-0.39, 0.29) is 28.6 Å². The molecule has 9 heteroatoms. The zero-order chi connectivity index (χ0) is 15.6. The second-order valence-corrected chi connectivity index (χ2v) is 8.06. The van der Waals surface area contributed by atoms with Gasteiger partial charge in [0.25, 0.3) is 0 Å². The van der Waals surface area contributed by atoms with Crippen molar-refractivity contribution in [3.8, 4) is 0 Å². The Balaban J connectivity index is 2.25. The normalized spacial score (nSPS) is 11.8. The molecule has 0 aliphatic heterocycles. The molecule has 21 heavy (non-hydrogen) atoms. The molecule has 1 aromatic heterocycles. The Morgan fingerprint density at radius 1 is 1.29 bits per heavy atom. The molecule has 0 aliphatic rings. The summed E-state index contributed by atoms with van der Waals surface area (Å²) in [6.45, 7) is 0.0154. The average Bonchev–Trinajstić information content (AvgIpc) is 2.85. The topological polar surface area (TPSA) is 72.2 Å². The van der Waals surface area contributed by atoms with Crippen molar-refractivity contribution in [1.29, 1.82) is 0 Å². The molecule has 2 aromatic rings. The number of benzene rings is 1. The number of sulfonamides is 1. The Kier molecular flexibility index (Phi) is 5.24. The maximum atomic E-state index is 13.6. The molecule has 4 nitrogen and oxygen atoms in total. The zero-order valence-electron chi connectivity index (χ0n) is 10.6. The van der Waals surface area contributed by atoms with Crippen LogP contribution in [0.2, 0.25) is 9.36 Å². The minimum Gasteiger partial charge on any atom is -0.326 e. The number of rotatable bonds is 5. The minimum absolute atomic E-state index is 0.0559. The second kappa shape index (κ2) is 6.60. The summed E-state index contributed by atoms with van der Waals surface area (Å²) >= 11 is 12.7. The minimum atomic E-state index is -3.86. The van der Waals surface area contributed by atoms with Crippen LogP contribution in [-0.2, 0) is 23.1 Å². The van der Waals surface area contributed by atoms with Crippen LogP contribution in [0.4, 0.5) is 4.39 Å². The first-order valence-corrected chi connectivity index (χ1v) is 8.81. The van der Waals surface area contributed by atoms with Crippen LogP contribution in [0.1, 0.15) is 10.4 Å². The fourth-order valence-electron chi connectivity index (χ4n) is 1.62. The highest BCUT2D eigenvalue weighted by atomic mass is 35.5. The van der Waals surface area contributed by atoms with Gasteiger partial charge in [0, 0.05) is 18.0 Å². The smallest absolute Gasteiger partial charge is 0.241 e. The Labute approximate surface area is 135 Å². The molecule has 0 spiro atoms. The molecule has 0 saturated heterocycles. The van der Waals surface area contributed by atoms with Gasteiger partial charge in [-0.25, -0.2) is 17.5 Å². The first kappa shape index (κ1) is 16.7. The van der Waals surface area contributed by atoms with Gasteiger partial charge in [0.15, 0.2) is 0 Å².